The van der Waals surface area contributed by atoms with Crippen LogP contribution < -0.4 is 0 Å². The second-order valence-electron chi connectivity index (χ2n) is 7.33. The van der Waals surface area contributed by atoms with Crippen LogP contribution in [0.4, 0.5) is 8.78 Å². The summed E-state index contributed by atoms with van der Waals surface area (Å²) in [5.74, 6) is -0.972. The highest BCUT2D eigenvalue weighted by molar-refractivity contribution is 7.13. The number of carbonyl (C=O) groups excluding carboxylic acids is 2. The Kier molecular flexibility index (Phi) is 6.36. The first-order chi connectivity index (χ1) is 15.0. The van der Waals surface area contributed by atoms with Crippen LogP contribution in [-0.2, 0) is 6.42 Å². The van der Waals surface area contributed by atoms with Crippen LogP contribution in [0.5, 0.6) is 0 Å². The number of hydrogen-bond donors (Lipinski definition) is 0. The summed E-state index contributed by atoms with van der Waals surface area (Å²) in [6.07, 6.45) is 2.53. The summed E-state index contributed by atoms with van der Waals surface area (Å²) in [5, 5.41) is 0.677. The van der Waals surface area contributed by atoms with Gasteiger partial charge in [0.25, 0.3) is 11.8 Å². The van der Waals surface area contributed by atoms with Crippen molar-refractivity contribution < 1.29 is 18.4 Å². The van der Waals surface area contributed by atoms with Crippen LogP contribution in [0.15, 0.2) is 54.7 Å². The summed E-state index contributed by atoms with van der Waals surface area (Å²) in [6.45, 7) is 1.88. The van der Waals surface area contributed by atoms with E-state index in [-0.39, 0.29) is 23.4 Å². The Morgan fingerprint density at radius 2 is 1.58 bits per heavy atom. The summed E-state index contributed by atoms with van der Waals surface area (Å²) >= 11 is 1.27. The van der Waals surface area contributed by atoms with Gasteiger partial charge in [-0.3, -0.25) is 9.59 Å². The van der Waals surface area contributed by atoms with Gasteiger partial charge in [0.2, 0.25) is 0 Å². The van der Waals surface area contributed by atoms with E-state index in [0.717, 1.165) is 0 Å². The molecular formula is C23H21F2N3O2S. The first-order valence-corrected chi connectivity index (χ1v) is 10.8. The Morgan fingerprint density at radius 1 is 0.903 bits per heavy atom. The predicted octanol–water partition coefficient (Wildman–Crippen LogP) is 4.00. The highest BCUT2D eigenvalue weighted by atomic mass is 32.1. The van der Waals surface area contributed by atoms with Gasteiger partial charge in [-0.25, -0.2) is 13.8 Å². The number of nitrogens with zero attached hydrogens (tertiary/aromatic N) is 3. The second-order valence-corrected chi connectivity index (χ2v) is 8.45. The Morgan fingerprint density at radius 3 is 2.29 bits per heavy atom. The molecule has 1 aromatic heterocycles. The Hall–Kier alpha value is -3.13. The van der Waals surface area contributed by atoms with Gasteiger partial charge in [0.1, 0.15) is 16.5 Å². The summed E-state index contributed by atoms with van der Waals surface area (Å²) in [7, 11) is 0. The molecule has 1 aliphatic rings. The van der Waals surface area contributed by atoms with Crippen molar-refractivity contribution in [3.8, 4) is 0 Å². The average molecular weight is 442 g/mol. The van der Waals surface area contributed by atoms with E-state index in [2.05, 4.69) is 4.98 Å². The van der Waals surface area contributed by atoms with Crippen LogP contribution in [0.3, 0.4) is 0 Å². The third-order valence-electron chi connectivity index (χ3n) is 5.23. The second kappa shape index (κ2) is 9.34. The minimum Gasteiger partial charge on any atom is -0.337 e. The Bertz CT molecular complexity index is 1080. The molecule has 0 radical (unpaired) electrons. The smallest absolute Gasteiger partial charge is 0.265 e. The molecule has 1 fully saturated rings. The molecule has 0 aliphatic carbocycles. The SMILES string of the molecule is O=C(c1ccc(F)cc1)N1CCCN(C(=O)c2cnc(Cc3ccccc3F)s2)CC1. The maximum atomic E-state index is 13.9. The van der Waals surface area contributed by atoms with E-state index in [1.165, 1.54) is 47.9 Å². The summed E-state index contributed by atoms with van der Waals surface area (Å²) in [4.78, 5) is 33.8. The van der Waals surface area contributed by atoms with Gasteiger partial charge in [0.05, 0.1) is 11.2 Å². The zero-order chi connectivity index (χ0) is 21.8. The van der Waals surface area contributed by atoms with Crippen molar-refractivity contribution in [3.05, 3.63) is 87.4 Å². The zero-order valence-corrected chi connectivity index (χ0v) is 17.6. The van der Waals surface area contributed by atoms with Gasteiger partial charge < -0.3 is 9.80 Å². The van der Waals surface area contributed by atoms with E-state index < -0.39 is 0 Å². The van der Waals surface area contributed by atoms with Gasteiger partial charge in [-0.2, -0.15) is 0 Å². The number of halogens is 2. The van der Waals surface area contributed by atoms with E-state index in [1.54, 1.807) is 28.0 Å². The molecule has 5 nitrogen and oxygen atoms in total. The first-order valence-electron chi connectivity index (χ1n) is 10.0. The molecule has 1 aliphatic heterocycles. The van der Waals surface area contributed by atoms with E-state index in [4.69, 9.17) is 0 Å². The maximum Gasteiger partial charge on any atom is 0.265 e. The molecule has 1 saturated heterocycles. The molecule has 8 heteroatoms. The lowest BCUT2D eigenvalue weighted by Crippen LogP contribution is -2.37. The molecule has 31 heavy (non-hydrogen) atoms. The van der Waals surface area contributed by atoms with Gasteiger partial charge in [-0.05, 0) is 42.3 Å². The third kappa shape index (κ3) is 4.96. The van der Waals surface area contributed by atoms with Crippen molar-refractivity contribution in [2.75, 3.05) is 26.2 Å². The first kappa shape index (κ1) is 21.1. The van der Waals surface area contributed by atoms with Gasteiger partial charge in [-0.1, -0.05) is 18.2 Å². The van der Waals surface area contributed by atoms with Crippen LogP contribution in [-0.4, -0.2) is 52.8 Å². The van der Waals surface area contributed by atoms with E-state index in [0.29, 0.717) is 60.0 Å². The van der Waals surface area contributed by atoms with E-state index in [1.807, 2.05) is 0 Å². The highest BCUT2D eigenvalue weighted by Crippen LogP contribution is 2.21. The standard InChI is InChI=1S/C23H21F2N3O2S/c24-18-8-6-16(7-9-18)22(29)27-10-3-11-28(13-12-27)23(30)20-15-26-21(31-20)14-17-4-1-2-5-19(17)25/h1-2,4-9,15H,3,10-14H2. The molecule has 0 N–H and O–H groups in total. The minimum absolute atomic E-state index is 0.131. The van der Waals surface area contributed by atoms with Crippen molar-refractivity contribution in [1.82, 2.24) is 14.8 Å². The number of rotatable bonds is 4. The van der Waals surface area contributed by atoms with E-state index in [9.17, 15) is 18.4 Å². The molecule has 0 saturated carbocycles. The topological polar surface area (TPSA) is 53.5 Å². The molecule has 3 aromatic rings. The number of aromatic nitrogens is 1. The number of thiazole rings is 1. The highest BCUT2D eigenvalue weighted by Gasteiger charge is 2.25. The van der Waals surface area contributed by atoms with Crippen LogP contribution in [0.2, 0.25) is 0 Å². The molecule has 0 unspecified atom stereocenters. The molecule has 4 rings (SSSR count). The van der Waals surface area contributed by atoms with Gasteiger partial charge in [0.15, 0.2) is 0 Å². The van der Waals surface area contributed by atoms with Crippen LogP contribution in [0, 0.1) is 11.6 Å². The van der Waals surface area contributed by atoms with Gasteiger partial charge >= 0.3 is 0 Å². The Labute approximate surface area is 182 Å². The van der Waals surface area contributed by atoms with Gasteiger partial charge in [0, 0.05) is 38.2 Å². The fourth-order valence-electron chi connectivity index (χ4n) is 3.55. The zero-order valence-electron chi connectivity index (χ0n) is 16.8. The molecule has 160 valence electrons. The summed E-state index contributed by atoms with van der Waals surface area (Å²) < 4.78 is 27.0. The third-order valence-corrected chi connectivity index (χ3v) is 6.21. The van der Waals surface area contributed by atoms with Crippen molar-refractivity contribution in [3.63, 3.8) is 0 Å². The van der Waals surface area contributed by atoms with Crippen molar-refractivity contribution in [2.24, 2.45) is 0 Å². The molecule has 0 spiro atoms. The average Bonchev–Trinajstić information content (AvgIpc) is 3.10. The number of hydrogen-bond acceptors (Lipinski definition) is 4. The molecule has 0 bridgehead atoms. The molecule has 2 aromatic carbocycles. The number of benzene rings is 2. The van der Waals surface area contributed by atoms with Crippen LogP contribution >= 0.6 is 11.3 Å². The number of carbonyl (C=O) groups is 2. The molecule has 2 amide bonds. The van der Waals surface area contributed by atoms with Crippen LogP contribution in [0.1, 0.15) is 37.0 Å². The van der Waals surface area contributed by atoms with Crippen LogP contribution in [0.25, 0.3) is 0 Å². The fourth-order valence-corrected chi connectivity index (χ4v) is 4.46. The van der Waals surface area contributed by atoms with Gasteiger partial charge in [-0.15, -0.1) is 11.3 Å². The monoisotopic (exact) mass is 441 g/mol. The maximum absolute atomic E-state index is 13.9. The normalized spacial score (nSPS) is 14.4. The Balaban J connectivity index is 1.39. The summed E-state index contributed by atoms with van der Waals surface area (Å²) in [5.41, 5.74) is 0.974. The summed E-state index contributed by atoms with van der Waals surface area (Å²) in [6, 6.07) is 12.0. The molecular weight excluding hydrogens is 420 g/mol. The fraction of sp³-hybridized carbons (Fsp3) is 0.261. The molecule has 0 atom stereocenters. The molecule has 2 heterocycles. The lowest BCUT2D eigenvalue weighted by atomic mass is 10.1. The number of amides is 2. The lowest BCUT2D eigenvalue weighted by molar-refractivity contribution is 0.0721. The minimum atomic E-state index is -0.386. The predicted molar refractivity (Wildman–Crippen MR) is 114 cm³/mol. The van der Waals surface area contributed by atoms with Crippen molar-refractivity contribution in [2.45, 2.75) is 12.8 Å². The van der Waals surface area contributed by atoms with E-state index >= 15 is 0 Å². The largest absolute Gasteiger partial charge is 0.337 e. The quantitative estimate of drug-likeness (QED) is 0.615. The lowest BCUT2D eigenvalue weighted by Gasteiger charge is -2.22. The van der Waals surface area contributed by atoms with Crippen molar-refractivity contribution in [1.29, 1.82) is 0 Å². The van der Waals surface area contributed by atoms with Crippen molar-refractivity contribution >= 4 is 23.2 Å².